The summed E-state index contributed by atoms with van der Waals surface area (Å²) >= 11 is 0. The summed E-state index contributed by atoms with van der Waals surface area (Å²) in [4.78, 5) is 27.1. The SMILES string of the molecule is C=CCN(CC=C)C(=O)c1cc([N+](=O)[O-])ccc1N1CCOCC1. The van der Waals surface area contributed by atoms with Crippen LogP contribution >= 0.6 is 0 Å². The Morgan fingerprint density at radius 2 is 1.92 bits per heavy atom. The third-order valence-electron chi connectivity index (χ3n) is 3.76. The summed E-state index contributed by atoms with van der Waals surface area (Å²) in [5.41, 5.74) is 0.898. The molecule has 1 aliphatic heterocycles. The van der Waals surface area contributed by atoms with Gasteiger partial charge < -0.3 is 14.5 Å². The molecule has 0 radical (unpaired) electrons. The molecule has 0 bridgehead atoms. The van der Waals surface area contributed by atoms with Crippen molar-refractivity contribution < 1.29 is 14.5 Å². The van der Waals surface area contributed by atoms with E-state index in [1.165, 1.54) is 12.1 Å². The zero-order chi connectivity index (χ0) is 17.5. The molecule has 0 N–H and O–H groups in total. The van der Waals surface area contributed by atoms with E-state index in [-0.39, 0.29) is 11.6 Å². The molecule has 128 valence electrons. The van der Waals surface area contributed by atoms with Gasteiger partial charge >= 0.3 is 0 Å². The van der Waals surface area contributed by atoms with Crippen LogP contribution in [0.3, 0.4) is 0 Å². The highest BCUT2D eigenvalue weighted by Gasteiger charge is 2.24. The normalized spacial score (nSPS) is 14.1. The first-order chi connectivity index (χ1) is 11.6. The Kier molecular flexibility index (Phi) is 6.08. The van der Waals surface area contributed by atoms with Crippen molar-refractivity contribution in [2.24, 2.45) is 0 Å². The van der Waals surface area contributed by atoms with E-state index >= 15 is 0 Å². The van der Waals surface area contributed by atoms with Gasteiger partial charge in [0.2, 0.25) is 0 Å². The molecule has 1 aromatic rings. The van der Waals surface area contributed by atoms with Crippen LogP contribution in [0.2, 0.25) is 0 Å². The zero-order valence-corrected chi connectivity index (χ0v) is 13.5. The number of non-ortho nitro benzene ring substituents is 1. The molecule has 7 nitrogen and oxygen atoms in total. The standard InChI is InChI=1S/C17H21N3O4/c1-3-7-19(8-4-2)17(21)15-13-14(20(22)23)5-6-16(15)18-9-11-24-12-10-18/h3-6,13H,1-2,7-12H2. The number of anilines is 1. The molecule has 1 aromatic carbocycles. The number of rotatable bonds is 7. The molecule has 0 aromatic heterocycles. The number of morpholine rings is 1. The van der Waals surface area contributed by atoms with Crippen molar-refractivity contribution in [1.82, 2.24) is 4.90 Å². The second kappa shape index (κ2) is 8.26. The Morgan fingerprint density at radius 3 is 2.46 bits per heavy atom. The molecule has 0 spiro atoms. The van der Waals surface area contributed by atoms with E-state index in [1.807, 2.05) is 4.90 Å². The van der Waals surface area contributed by atoms with Crippen molar-refractivity contribution in [3.63, 3.8) is 0 Å². The lowest BCUT2D eigenvalue weighted by Crippen LogP contribution is -2.38. The highest BCUT2D eigenvalue weighted by atomic mass is 16.6. The Labute approximate surface area is 141 Å². The number of hydrogen-bond acceptors (Lipinski definition) is 5. The van der Waals surface area contributed by atoms with E-state index in [1.54, 1.807) is 23.1 Å². The number of amides is 1. The second-order valence-corrected chi connectivity index (χ2v) is 5.35. The van der Waals surface area contributed by atoms with Crippen molar-refractivity contribution in [3.05, 3.63) is 59.2 Å². The van der Waals surface area contributed by atoms with Crippen LogP contribution in [0.4, 0.5) is 11.4 Å². The fraction of sp³-hybridized carbons (Fsp3) is 0.353. The maximum absolute atomic E-state index is 12.9. The predicted octanol–water partition coefficient (Wildman–Crippen LogP) is 2.25. The summed E-state index contributed by atoms with van der Waals surface area (Å²) in [6.07, 6.45) is 3.24. The van der Waals surface area contributed by atoms with Crippen LogP contribution in [0.5, 0.6) is 0 Å². The van der Waals surface area contributed by atoms with Crippen LogP contribution in [0.15, 0.2) is 43.5 Å². The highest BCUT2D eigenvalue weighted by molar-refractivity contribution is 6.00. The van der Waals surface area contributed by atoms with E-state index in [0.717, 1.165) is 0 Å². The number of nitro groups is 1. The van der Waals surface area contributed by atoms with Gasteiger partial charge in [0, 0.05) is 38.3 Å². The van der Waals surface area contributed by atoms with Gasteiger partial charge in [0.25, 0.3) is 11.6 Å². The van der Waals surface area contributed by atoms with E-state index in [0.29, 0.717) is 50.6 Å². The molecule has 24 heavy (non-hydrogen) atoms. The minimum absolute atomic E-state index is 0.104. The number of nitrogens with zero attached hydrogens (tertiary/aromatic N) is 3. The molecule has 7 heteroatoms. The average Bonchev–Trinajstić information content (AvgIpc) is 2.61. The van der Waals surface area contributed by atoms with Gasteiger partial charge in [0.15, 0.2) is 0 Å². The predicted molar refractivity (Wildman–Crippen MR) is 92.4 cm³/mol. The maximum atomic E-state index is 12.9. The number of nitro benzene ring substituents is 1. The summed E-state index contributed by atoms with van der Waals surface area (Å²) < 4.78 is 5.34. The smallest absolute Gasteiger partial charge is 0.270 e. The first kappa shape index (κ1) is 17.7. The molecule has 1 aliphatic rings. The third-order valence-corrected chi connectivity index (χ3v) is 3.76. The van der Waals surface area contributed by atoms with E-state index in [9.17, 15) is 14.9 Å². The fourth-order valence-corrected chi connectivity index (χ4v) is 2.61. The molecule has 2 rings (SSSR count). The molecule has 0 saturated carbocycles. The van der Waals surface area contributed by atoms with Gasteiger partial charge in [0.1, 0.15) is 0 Å². The van der Waals surface area contributed by atoms with Crippen LogP contribution in [0.25, 0.3) is 0 Å². The van der Waals surface area contributed by atoms with Crippen molar-refractivity contribution >= 4 is 17.3 Å². The Hall–Kier alpha value is -2.67. The molecule has 1 fully saturated rings. The van der Waals surface area contributed by atoms with Gasteiger partial charge in [-0.2, -0.15) is 0 Å². The fourth-order valence-electron chi connectivity index (χ4n) is 2.61. The van der Waals surface area contributed by atoms with Crippen LogP contribution in [0.1, 0.15) is 10.4 Å². The Balaban J connectivity index is 2.43. The molecule has 1 heterocycles. The van der Waals surface area contributed by atoms with Crippen LogP contribution in [-0.4, -0.2) is 55.1 Å². The quantitative estimate of drug-likeness (QED) is 0.435. The van der Waals surface area contributed by atoms with Crippen molar-refractivity contribution in [2.45, 2.75) is 0 Å². The van der Waals surface area contributed by atoms with E-state index < -0.39 is 4.92 Å². The summed E-state index contributed by atoms with van der Waals surface area (Å²) in [6, 6.07) is 4.40. The topological polar surface area (TPSA) is 75.9 Å². The van der Waals surface area contributed by atoms with Gasteiger partial charge in [-0.25, -0.2) is 0 Å². The van der Waals surface area contributed by atoms with Gasteiger partial charge in [0.05, 0.1) is 29.4 Å². The Bertz CT molecular complexity index is 629. The molecule has 0 atom stereocenters. The second-order valence-electron chi connectivity index (χ2n) is 5.35. The molecule has 1 saturated heterocycles. The largest absolute Gasteiger partial charge is 0.378 e. The third kappa shape index (κ3) is 3.99. The highest BCUT2D eigenvalue weighted by Crippen LogP contribution is 2.27. The van der Waals surface area contributed by atoms with E-state index in [4.69, 9.17) is 4.74 Å². The minimum Gasteiger partial charge on any atom is -0.378 e. The van der Waals surface area contributed by atoms with Gasteiger partial charge in [-0.15, -0.1) is 13.2 Å². The Morgan fingerprint density at radius 1 is 1.29 bits per heavy atom. The average molecular weight is 331 g/mol. The van der Waals surface area contributed by atoms with Gasteiger partial charge in [-0.3, -0.25) is 14.9 Å². The molecular weight excluding hydrogens is 310 g/mol. The molecule has 0 unspecified atom stereocenters. The zero-order valence-electron chi connectivity index (χ0n) is 13.5. The molecule has 0 aliphatic carbocycles. The monoisotopic (exact) mass is 331 g/mol. The number of carbonyl (C=O) groups excluding carboxylic acids is 1. The lowest BCUT2D eigenvalue weighted by Gasteiger charge is -2.31. The first-order valence-electron chi connectivity index (χ1n) is 7.70. The number of carbonyl (C=O) groups is 1. The summed E-state index contributed by atoms with van der Waals surface area (Å²) in [5, 5.41) is 11.1. The van der Waals surface area contributed by atoms with Crippen LogP contribution in [-0.2, 0) is 4.74 Å². The minimum atomic E-state index is -0.495. The summed E-state index contributed by atoms with van der Waals surface area (Å²) in [6.45, 7) is 10.4. The lowest BCUT2D eigenvalue weighted by atomic mass is 10.1. The number of ether oxygens (including phenoxy) is 1. The first-order valence-corrected chi connectivity index (χ1v) is 7.70. The van der Waals surface area contributed by atoms with Gasteiger partial charge in [-0.05, 0) is 6.07 Å². The van der Waals surface area contributed by atoms with Crippen molar-refractivity contribution in [2.75, 3.05) is 44.3 Å². The van der Waals surface area contributed by atoms with Crippen molar-refractivity contribution in [1.29, 1.82) is 0 Å². The number of hydrogen-bond donors (Lipinski definition) is 0. The lowest BCUT2D eigenvalue weighted by molar-refractivity contribution is -0.384. The molecular formula is C17H21N3O4. The van der Waals surface area contributed by atoms with Crippen LogP contribution < -0.4 is 4.90 Å². The summed E-state index contributed by atoms with van der Waals surface area (Å²) in [7, 11) is 0. The maximum Gasteiger partial charge on any atom is 0.270 e. The molecule has 1 amide bonds. The summed E-state index contributed by atoms with van der Waals surface area (Å²) in [5.74, 6) is -0.278. The number of benzene rings is 1. The van der Waals surface area contributed by atoms with Crippen LogP contribution in [0, 0.1) is 10.1 Å². The van der Waals surface area contributed by atoms with Gasteiger partial charge in [-0.1, -0.05) is 12.2 Å². The van der Waals surface area contributed by atoms with E-state index in [2.05, 4.69) is 13.2 Å². The van der Waals surface area contributed by atoms with Crippen molar-refractivity contribution in [3.8, 4) is 0 Å².